The van der Waals surface area contributed by atoms with Crippen LogP contribution in [-0.2, 0) is 19.6 Å². The van der Waals surface area contributed by atoms with Crippen LogP contribution >= 0.6 is 12.2 Å². The van der Waals surface area contributed by atoms with Gasteiger partial charge in [-0.15, -0.1) is 6.58 Å². The van der Waals surface area contributed by atoms with E-state index in [9.17, 15) is 9.59 Å². The van der Waals surface area contributed by atoms with Gasteiger partial charge in [0.2, 0.25) is 0 Å². The lowest BCUT2D eigenvalue weighted by atomic mass is 10.1. The molecule has 0 aliphatic heterocycles. The first-order chi connectivity index (χ1) is 15.9. The predicted octanol–water partition coefficient (Wildman–Crippen LogP) is 4.04. The molecule has 2 aromatic heterocycles. The number of hydrogen-bond donors (Lipinski definition) is 2. The van der Waals surface area contributed by atoms with E-state index in [1.54, 1.807) is 24.3 Å². The molecule has 2 aromatic carbocycles. The van der Waals surface area contributed by atoms with Crippen molar-refractivity contribution in [2.24, 2.45) is 0 Å². The average molecular weight is 460 g/mol. The van der Waals surface area contributed by atoms with E-state index < -0.39 is 0 Å². The Kier molecular flexibility index (Phi) is 6.37. The summed E-state index contributed by atoms with van der Waals surface area (Å²) in [5.74, 6) is -0.235. The summed E-state index contributed by atoms with van der Waals surface area (Å²) < 4.78 is 3.68. The summed E-state index contributed by atoms with van der Waals surface area (Å²) in [6.45, 7) is 8.97. The number of aromatic amines is 1. The molecule has 0 bridgehead atoms. The highest BCUT2D eigenvalue weighted by Gasteiger charge is 2.15. The smallest absolute Gasteiger partial charge is 0.262 e. The summed E-state index contributed by atoms with van der Waals surface area (Å²) in [6.07, 6.45) is 1.62. The van der Waals surface area contributed by atoms with Crippen LogP contribution in [0.25, 0.3) is 10.9 Å². The first-order valence-corrected chi connectivity index (χ1v) is 11.0. The first-order valence-electron chi connectivity index (χ1n) is 10.6. The Morgan fingerprint density at radius 1 is 1.21 bits per heavy atom. The van der Waals surface area contributed by atoms with E-state index in [-0.39, 0.29) is 11.5 Å². The van der Waals surface area contributed by atoms with Gasteiger partial charge in [0.15, 0.2) is 4.77 Å². The van der Waals surface area contributed by atoms with Crippen LogP contribution in [0, 0.1) is 18.6 Å². The molecule has 4 aromatic rings. The number of fused-ring (bicyclic) bond motifs is 1. The molecule has 0 fully saturated rings. The number of nitrogens with zero attached hydrogens (tertiary/aromatic N) is 3. The minimum absolute atomic E-state index is 0.210. The summed E-state index contributed by atoms with van der Waals surface area (Å²) in [5.41, 5.74) is 4.82. The fourth-order valence-corrected chi connectivity index (χ4v) is 4.13. The highest BCUT2D eigenvalue weighted by atomic mass is 32.1. The maximum atomic E-state index is 12.8. The Balaban J connectivity index is 1.53. The van der Waals surface area contributed by atoms with E-state index in [1.165, 1.54) is 10.1 Å². The largest absolute Gasteiger partial charge is 0.348 e. The number of allylic oxidation sites excluding steroid dienone is 1. The van der Waals surface area contributed by atoms with Gasteiger partial charge < -0.3 is 10.3 Å². The molecule has 2 N–H and O–H groups in total. The van der Waals surface area contributed by atoms with Crippen LogP contribution in [0.15, 0.2) is 66.0 Å². The maximum absolute atomic E-state index is 12.8. The number of amides is 1. The van der Waals surface area contributed by atoms with Crippen LogP contribution in [0.2, 0.25) is 0 Å². The van der Waals surface area contributed by atoms with Crippen molar-refractivity contribution in [3.05, 3.63) is 104 Å². The second kappa shape index (κ2) is 9.38. The van der Waals surface area contributed by atoms with Crippen molar-refractivity contribution < 1.29 is 4.79 Å². The minimum atomic E-state index is -0.235. The molecule has 2 heterocycles. The normalized spacial score (nSPS) is 11.0. The van der Waals surface area contributed by atoms with Crippen LogP contribution in [-0.4, -0.2) is 25.2 Å². The molecule has 0 spiro atoms. The van der Waals surface area contributed by atoms with Crippen LogP contribution in [0.3, 0.4) is 0 Å². The third-order valence-corrected chi connectivity index (χ3v) is 6.01. The number of H-pyrrole nitrogens is 1. The van der Waals surface area contributed by atoms with Crippen molar-refractivity contribution in [2.45, 2.75) is 33.5 Å². The lowest BCUT2D eigenvalue weighted by molar-refractivity contribution is 0.0951. The summed E-state index contributed by atoms with van der Waals surface area (Å²) in [5, 5.41) is 8.08. The lowest BCUT2D eigenvalue weighted by Gasteiger charge is -2.09. The molecule has 7 nitrogen and oxygen atoms in total. The minimum Gasteiger partial charge on any atom is -0.348 e. The number of benzene rings is 2. The molecule has 0 aliphatic carbocycles. The number of aromatic nitrogens is 4. The molecule has 0 radical (unpaired) electrons. The van der Waals surface area contributed by atoms with Crippen LogP contribution in [0.1, 0.15) is 32.9 Å². The van der Waals surface area contributed by atoms with E-state index >= 15 is 0 Å². The van der Waals surface area contributed by atoms with Gasteiger partial charge in [-0.1, -0.05) is 36.4 Å². The number of carbonyl (C=O) groups excluding carboxylic acids is 1. The summed E-state index contributed by atoms with van der Waals surface area (Å²) in [4.78, 5) is 28.5. The van der Waals surface area contributed by atoms with Crippen molar-refractivity contribution in [2.75, 3.05) is 0 Å². The zero-order valence-electron chi connectivity index (χ0n) is 18.6. The second-order valence-electron chi connectivity index (χ2n) is 7.87. The van der Waals surface area contributed by atoms with Crippen molar-refractivity contribution in [1.29, 1.82) is 0 Å². The summed E-state index contributed by atoms with van der Waals surface area (Å²) in [6, 6.07) is 15.1. The van der Waals surface area contributed by atoms with Gasteiger partial charge in [-0.2, -0.15) is 5.10 Å². The van der Waals surface area contributed by atoms with E-state index in [0.29, 0.717) is 40.9 Å². The van der Waals surface area contributed by atoms with E-state index in [1.807, 2.05) is 36.7 Å². The molecule has 8 heteroatoms. The third-order valence-electron chi connectivity index (χ3n) is 5.69. The lowest BCUT2D eigenvalue weighted by Crippen LogP contribution is -2.24. The van der Waals surface area contributed by atoms with Gasteiger partial charge in [-0.05, 0) is 49.8 Å². The van der Waals surface area contributed by atoms with Crippen LogP contribution in [0.4, 0.5) is 0 Å². The number of carbonyl (C=O) groups is 1. The summed E-state index contributed by atoms with van der Waals surface area (Å²) >= 11 is 5.28. The molecule has 0 atom stereocenters. The Labute approximate surface area is 196 Å². The molecule has 0 aliphatic rings. The Morgan fingerprint density at radius 3 is 2.70 bits per heavy atom. The van der Waals surface area contributed by atoms with Gasteiger partial charge in [0.25, 0.3) is 11.5 Å². The Hall–Kier alpha value is -3.78. The second-order valence-corrected chi connectivity index (χ2v) is 8.26. The third kappa shape index (κ3) is 4.56. The van der Waals surface area contributed by atoms with Gasteiger partial charge in [0, 0.05) is 29.9 Å². The fraction of sp³-hybridized carbons (Fsp3) is 0.200. The van der Waals surface area contributed by atoms with Gasteiger partial charge in [0.05, 0.1) is 23.1 Å². The highest BCUT2D eigenvalue weighted by molar-refractivity contribution is 7.71. The van der Waals surface area contributed by atoms with Crippen LogP contribution in [0.5, 0.6) is 0 Å². The van der Waals surface area contributed by atoms with Crippen molar-refractivity contribution in [3.63, 3.8) is 0 Å². The number of hydrogen-bond acceptors (Lipinski definition) is 4. The van der Waals surface area contributed by atoms with Crippen molar-refractivity contribution >= 4 is 29.0 Å². The quantitative estimate of drug-likeness (QED) is 0.323. The van der Waals surface area contributed by atoms with E-state index in [0.717, 1.165) is 17.0 Å². The molecular weight excluding hydrogens is 434 g/mol. The predicted molar refractivity (Wildman–Crippen MR) is 132 cm³/mol. The fourth-order valence-electron chi connectivity index (χ4n) is 3.86. The van der Waals surface area contributed by atoms with Gasteiger partial charge >= 0.3 is 0 Å². The number of nitrogens with one attached hydrogen (secondary N) is 2. The van der Waals surface area contributed by atoms with Gasteiger partial charge in [-0.25, -0.2) is 0 Å². The zero-order chi connectivity index (χ0) is 23.5. The monoisotopic (exact) mass is 459 g/mol. The number of rotatable bonds is 7. The number of aryl methyl sites for hydroxylation is 1. The molecule has 0 unspecified atom stereocenters. The van der Waals surface area contributed by atoms with Crippen LogP contribution < -0.4 is 10.9 Å². The molecular formula is C25H25N5O2S. The van der Waals surface area contributed by atoms with Crippen molar-refractivity contribution in [3.8, 4) is 0 Å². The highest BCUT2D eigenvalue weighted by Crippen LogP contribution is 2.16. The zero-order valence-corrected chi connectivity index (χ0v) is 19.4. The molecule has 4 rings (SSSR count). The topological polar surface area (TPSA) is 84.7 Å². The standard InChI is InChI=1S/C25H25N5O2S/c1-4-12-29-24(32)20-11-10-19(13-22(20)27-25(29)33)23(31)26-14-21-16(2)28-30(17(21)3)15-18-8-6-5-7-9-18/h4-11,13H,1,12,14-15H2,2-3H3,(H,26,31)(H,27,33). The van der Waals surface area contributed by atoms with E-state index in [4.69, 9.17) is 12.2 Å². The SMILES string of the molecule is C=CCn1c(=S)[nH]c2cc(C(=O)NCc3c(C)nn(Cc4ccccc4)c3C)ccc2c1=O. The maximum Gasteiger partial charge on any atom is 0.262 e. The van der Waals surface area contributed by atoms with Crippen molar-refractivity contribution in [1.82, 2.24) is 24.6 Å². The Morgan fingerprint density at radius 2 is 1.97 bits per heavy atom. The van der Waals surface area contributed by atoms with Gasteiger partial charge in [-0.3, -0.25) is 18.8 Å². The summed E-state index contributed by atoms with van der Waals surface area (Å²) in [7, 11) is 0. The molecule has 1 amide bonds. The Bertz CT molecular complexity index is 1460. The molecule has 0 saturated carbocycles. The van der Waals surface area contributed by atoms with E-state index in [2.05, 4.69) is 34.1 Å². The molecule has 33 heavy (non-hydrogen) atoms. The van der Waals surface area contributed by atoms with Gasteiger partial charge in [0.1, 0.15) is 0 Å². The molecule has 0 saturated heterocycles. The average Bonchev–Trinajstić information content (AvgIpc) is 3.07. The molecule has 168 valence electrons. The first kappa shape index (κ1) is 22.4.